The van der Waals surface area contributed by atoms with Crippen LogP contribution < -0.4 is 11.2 Å². The second-order valence-electron chi connectivity index (χ2n) is 4.65. The van der Waals surface area contributed by atoms with E-state index in [0.29, 0.717) is 23.7 Å². The number of allylic oxidation sites excluding steroid dienone is 1. The van der Waals surface area contributed by atoms with Crippen molar-refractivity contribution in [3.8, 4) is 0 Å². The van der Waals surface area contributed by atoms with Gasteiger partial charge < -0.3 is 11.2 Å². The van der Waals surface area contributed by atoms with Crippen molar-refractivity contribution in [2.45, 2.75) is 17.9 Å². The van der Waals surface area contributed by atoms with Crippen LogP contribution in [0.1, 0.15) is 18.5 Å². The molecule has 1 aromatic rings. The fourth-order valence-electron chi connectivity index (χ4n) is 2.80. The minimum absolute atomic E-state index is 0.236. The Hall–Kier alpha value is -1.08. The van der Waals surface area contributed by atoms with Gasteiger partial charge in [0.1, 0.15) is 0 Å². The van der Waals surface area contributed by atoms with Gasteiger partial charge in [0.05, 0.1) is 20.9 Å². The molecule has 3 rings (SSSR count). The molecule has 1 atom stereocenters. The molecule has 3 N–H and O–H groups in total. The van der Waals surface area contributed by atoms with Crippen LogP contribution in [0.2, 0.25) is 5.02 Å². The van der Waals surface area contributed by atoms with E-state index in [2.05, 4.69) is 5.43 Å². The summed E-state index contributed by atoms with van der Waals surface area (Å²) in [5.41, 5.74) is 10.0. The van der Waals surface area contributed by atoms with Crippen LogP contribution in [0.5, 0.6) is 0 Å². The molecule has 0 aromatic heterocycles. The molecular formula is C12H14ClN3O2S. The highest BCUT2D eigenvalue weighted by atomic mass is 35.5. The summed E-state index contributed by atoms with van der Waals surface area (Å²) in [7, 11) is -3.51. The SMILES string of the molecule is CC1=C2C(c3cccc(Cl)c3S2(=O)=O)N(CCN)N1. The first-order valence-electron chi connectivity index (χ1n) is 5.96. The van der Waals surface area contributed by atoms with Crippen molar-refractivity contribution in [3.63, 3.8) is 0 Å². The van der Waals surface area contributed by atoms with Gasteiger partial charge in [0, 0.05) is 18.8 Å². The van der Waals surface area contributed by atoms with Gasteiger partial charge in [0.15, 0.2) is 0 Å². The lowest BCUT2D eigenvalue weighted by atomic mass is 10.1. The van der Waals surface area contributed by atoms with E-state index < -0.39 is 9.84 Å². The molecule has 0 saturated heterocycles. The summed E-state index contributed by atoms with van der Waals surface area (Å²) >= 11 is 6.07. The van der Waals surface area contributed by atoms with Crippen LogP contribution in [0.3, 0.4) is 0 Å². The van der Waals surface area contributed by atoms with Crippen molar-refractivity contribution in [1.82, 2.24) is 10.4 Å². The molecule has 1 aromatic carbocycles. The third kappa shape index (κ3) is 1.64. The molecule has 0 radical (unpaired) electrons. The molecule has 102 valence electrons. The van der Waals surface area contributed by atoms with Gasteiger partial charge in [-0.05, 0) is 18.6 Å². The van der Waals surface area contributed by atoms with Gasteiger partial charge in [0.25, 0.3) is 0 Å². The molecule has 2 aliphatic rings. The van der Waals surface area contributed by atoms with Crippen LogP contribution in [0.25, 0.3) is 0 Å². The molecule has 0 aliphatic carbocycles. The number of rotatable bonds is 2. The van der Waals surface area contributed by atoms with Crippen LogP contribution in [0, 0.1) is 0 Å². The zero-order chi connectivity index (χ0) is 13.8. The van der Waals surface area contributed by atoms with E-state index in [0.717, 1.165) is 5.56 Å². The third-order valence-corrected chi connectivity index (χ3v) is 5.99. The predicted molar refractivity (Wildman–Crippen MR) is 73.0 cm³/mol. The number of benzene rings is 1. The molecule has 7 heteroatoms. The van der Waals surface area contributed by atoms with Crippen molar-refractivity contribution in [2.24, 2.45) is 5.73 Å². The maximum atomic E-state index is 12.6. The number of halogens is 1. The van der Waals surface area contributed by atoms with E-state index in [1.165, 1.54) is 0 Å². The fraction of sp³-hybridized carbons (Fsp3) is 0.333. The molecule has 0 spiro atoms. The number of nitrogens with zero attached hydrogens (tertiary/aromatic N) is 1. The summed E-state index contributed by atoms with van der Waals surface area (Å²) in [6, 6.07) is 4.87. The zero-order valence-corrected chi connectivity index (χ0v) is 11.9. The van der Waals surface area contributed by atoms with Crippen LogP contribution in [-0.4, -0.2) is 26.5 Å². The van der Waals surface area contributed by atoms with Gasteiger partial charge in [-0.2, -0.15) is 0 Å². The predicted octanol–water partition coefficient (Wildman–Crippen LogP) is 1.18. The Labute approximate surface area is 116 Å². The lowest BCUT2D eigenvalue weighted by Gasteiger charge is -2.23. The Balaban J connectivity index is 2.26. The molecule has 1 unspecified atom stereocenters. The standard InChI is InChI=1S/C12H14ClN3O2S/c1-7-11-10(16(15-7)6-5-14)8-3-2-4-9(13)12(8)19(11,17)18/h2-4,10,15H,5-6,14H2,1H3. The van der Waals surface area contributed by atoms with Crippen LogP contribution in [0.15, 0.2) is 33.7 Å². The largest absolute Gasteiger partial charge is 0.329 e. The number of hydrogen-bond acceptors (Lipinski definition) is 5. The minimum atomic E-state index is -3.51. The first-order chi connectivity index (χ1) is 8.98. The molecule has 0 amide bonds. The quantitative estimate of drug-likeness (QED) is 0.857. The molecule has 2 heterocycles. The maximum Gasteiger partial charge on any atom is 0.208 e. The maximum absolute atomic E-state index is 12.6. The van der Waals surface area contributed by atoms with Gasteiger partial charge in [-0.1, -0.05) is 23.7 Å². The van der Waals surface area contributed by atoms with Gasteiger partial charge in [0.2, 0.25) is 9.84 Å². The second kappa shape index (κ2) is 4.21. The first kappa shape index (κ1) is 12.9. The number of hydrogen-bond donors (Lipinski definition) is 2. The van der Waals surface area contributed by atoms with Gasteiger partial charge >= 0.3 is 0 Å². The number of hydrazine groups is 1. The molecular weight excluding hydrogens is 286 g/mol. The summed E-state index contributed by atoms with van der Waals surface area (Å²) < 4.78 is 25.2. The number of fused-ring (bicyclic) bond motifs is 3. The number of sulfone groups is 1. The highest BCUT2D eigenvalue weighted by Gasteiger charge is 2.48. The molecule has 0 bridgehead atoms. The molecule has 5 nitrogen and oxygen atoms in total. The van der Waals surface area contributed by atoms with Gasteiger partial charge in [-0.3, -0.25) is 0 Å². The zero-order valence-electron chi connectivity index (χ0n) is 10.4. The summed E-state index contributed by atoms with van der Waals surface area (Å²) in [4.78, 5) is 0.628. The Kier molecular flexibility index (Phi) is 2.86. The topological polar surface area (TPSA) is 75.4 Å². The smallest absolute Gasteiger partial charge is 0.208 e. The molecule has 19 heavy (non-hydrogen) atoms. The van der Waals surface area contributed by atoms with E-state index in [4.69, 9.17) is 17.3 Å². The van der Waals surface area contributed by atoms with Crippen molar-refractivity contribution in [2.75, 3.05) is 13.1 Å². The van der Waals surface area contributed by atoms with Crippen LogP contribution in [-0.2, 0) is 9.84 Å². The summed E-state index contributed by atoms with van der Waals surface area (Å²) in [6.07, 6.45) is 0. The fourth-order valence-corrected chi connectivity index (χ4v) is 5.32. The second-order valence-corrected chi connectivity index (χ2v) is 6.91. The number of nitrogens with one attached hydrogen (secondary N) is 1. The monoisotopic (exact) mass is 299 g/mol. The Morgan fingerprint density at radius 1 is 1.47 bits per heavy atom. The Bertz CT molecular complexity index is 684. The van der Waals surface area contributed by atoms with E-state index >= 15 is 0 Å². The normalized spacial score (nSPS) is 24.3. The van der Waals surface area contributed by atoms with E-state index in [1.807, 2.05) is 5.01 Å². The first-order valence-corrected chi connectivity index (χ1v) is 7.82. The average molecular weight is 300 g/mol. The van der Waals surface area contributed by atoms with Gasteiger partial charge in [-0.25, -0.2) is 13.4 Å². The van der Waals surface area contributed by atoms with E-state index in [-0.39, 0.29) is 16.0 Å². The van der Waals surface area contributed by atoms with Crippen molar-refractivity contribution in [3.05, 3.63) is 39.4 Å². The van der Waals surface area contributed by atoms with Crippen molar-refractivity contribution < 1.29 is 8.42 Å². The van der Waals surface area contributed by atoms with Crippen molar-refractivity contribution >= 4 is 21.4 Å². The Morgan fingerprint density at radius 2 is 2.21 bits per heavy atom. The molecule has 2 aliphatic heterocycles. The average Bonchev–Trinajstić information content (AvgIpc) is 2.77. The molecule has 0 saturated carbocycles. The van der Waals surface area contributed by atoms with Crippen LogP contribution >= 0.6 is 11.6 Å². The van der Waals surface area contributed by atoms with Gasteiger partial charge in [-0.15, -0.1) is 0 Å². The highest BCUT2D eigenvalue weighted by molar-refractivity contribution is 7.95. The lowest BCUT2D eigenvalue weighted by molar-refractivity contribution is 0.201. The van der Waals surface area contributed by atoms with E-state index in [1.54, 1.807) is 25.1 Å². The number of nitrogens with two attached hydrogens (primary N) is 1. The van der Waals surface area contributed by atoms with Crippen LogP contribution in [0.4, 0.5) is 0 Å². The minimum Gasteiger partial charge on any atom is -0.329 e. The lowest BCUT2D eigenvalue weighted by Crippen LogP contribution is -2.37. The summed E-state index contributed by atoms with van der Waals surface area (Å²) in [6.45, 7) is 2.77. The summed E-state index contributed by atoms with van der Waals surface area (Å²) in [5.74, 6) is 0. The molecule has 0 fully saturated rings. The van der Waals surface area contributed by atoms with E-state index in [9.17, 15) is 8.42 Å². The highest BCUT2D eigenvalue weighted by Crippen LogP contribution is 2.50. The third-order valence-electron chi connectivity index (χ3n) is 3.46. The Morgan fingerprint density at radius 3 is 2.89 bits per heavy atom. The van der Waals surface area contributed by atoms with Crippen molar-refractivity contribution in [1.29, 1.82) is 0 Å². The summed E-state index contributed by atoms with van der Waals surface area (Å²) in [5, 5.41) is 2.13.